The summed E-state index contributed by atoms with van der Waals surface area (Å²) < 4.78 is 1.93. The second-order valence-electron chi connectivity index (χ2n) is 13.0. The van der Waals surface area contributed by atoms with Gasteiger partial charge in [0.25, 0.3) is 0 Å². The van der Waals surface area contributed by atoms with E-state index in [-0.39, 0.29) is 0 Å². The molecule has 0 amide bonds. The summed E-state index contributed by atoms with van der Waals surface area (Å²) in [5.41, 5.74) is 15.0. The van der Waals surface area contributed by atoms with E-state index < -0.39 is 0 Å². The van der Waals surface area contributed by atoms with Gasteiger partial charge in [0, 0.05) is 49.2 Å². The summed E-state index contributed by atoms with van der Waals surface area (Å²) in [4.78, 5) is 7.56. The number of hydrogen-bond acceptors (Lipinski definition) is 4. The largest absolute Gasteiger partial charge is 0.371 e. The number of nitrogens with zero attached hydrogens (tertiary/aromatic N) is 4. The van der Waals surface area contributed by atoms with Crippen molar-refractivity contribution < 1.29 is 0 Å². The predicted octanol–water partition coefficient (Wildman–Crippen LogP) is 8.24. The Hall–Kier alpha value is -3.17. The van der Waals surface area contributed by atoms with Crippen molar-refractivity contribution in [3.8, 4) is 0 Å². The topological polar surface area (TPSA) is 57.3 Å². The van der Waals surface area contributed by atoms with Crippen molar-refractivity contribution in [1.82, 2.24) is 14.7 Å². The van der Waals surface area contributed by atoms with Gasteiger partial charge < -0.3 is 10.3 Å². The van der Waals surface area contributed by atoms with E-state index in [2.05, 4.69) is 82.9 Å². The van der Waals surface area contributed by atoms with Crippen molar-refractivity contribution in [3.05, 3.63) is 81.6 Å². The Morgan fingerprint density at radius 2 is 1.88 bits per heavy atom. The van der Waals surface area contributed by atoms with Gasteiger partial charge in [0.1, 0.15) is 0 Å². The zero-order valence-corrected chi connectivity index (χ0v) is 26.8. The van der Waals surface area contributed by atoms with E-state index in [4.69, 9.17) is 10.4 Å². The van der Waals surface area contributed by atoms with Crippen LogP contribution < -0.4 is 0 Å². The maximum Gasteiger partial charge on any atom is 0.0863 e. The van der Waals surface area contributed by atoms with E-state index in [0.717, 1.165) is 61.1 Å². The van der Waals surface area contributed by atoms with E-state index >= 15 is 0 Å². The third-order valence-corrected chi connectivity index (χ3v) is 9.51. The molecule has 1 saturated heterocycles. The Morgan fingerprint density at radius 1 is 1.20 bits per heavy atom. The number of nitrogens with one attached hydrogen (secondary N) is 1. The van der Waals surface area contributed by atoms with Gasteiger partial charge in [-0.1, -0.05) is 26.0 Å². The Morgan fingerprint density at radius 3 is 2.44 bits per heavy atom. The second kappa shape index (κ2) is 13.2. The number of aryl methyl sites for hydroxylation is 1. The number of aliphatic imine (C=N–C) groups is 1. The van der Waals surface area contributed by atoms with Gasteiger partial charge in [-0.25, -0.2) is 0 Å². The fourth-order valence-corrected chi connectivity index (χ4v) is 6.85. The molecule has 3 atom stereocenters. The summed E-state index contributed by atoms with van der Waals surface area (Å²) >= 11 is 0. The molecule has 3 unspecified atom stereocenters. The van der Waals surface area contributed by atoms with Crippen molar-refractivity contribution >= 4 is 11.4 Å². The molecule has 0 bridgehead atoms. The lowest BCUT2D eigenvalue weighted by atomic mass is 9.82. The van der Waals surface area contributed by atoms with E-state index in [1.807, 2.05) is 24.0 Å². The molecule has 0 spiro atoms. The molecule has 0 aromatic carbocycles. The molecule has 1 aromatic rings. The fourth-order valence-electron chi connectivity index (χ4n) is 6.85. The van der Waals surface area contributed by atoms with Crippen LogP contribution >= 0.6 is 0 Å². The number of rotatable bonds is 10. The van der Waals surface area contributed by atoms with Crippen LogP contribution in [-0.2, 0) is 7.05 Å². The molecule has 1 aromatic heterocycles. The van der Waals surface area contributed by atoms with Crippen LogP contribution in [0.2, 0.25) is 0 Å². The van der Waals surface area contributed by atoms with Crippen LogP contribution in [0.4, 0.5) is 0 Å². The van der Waals surface area contributed by atoms with Crippen molar-refractivity contribution in [1.29, 1.82) is 5.41 Å². The van der Waals surface area contributed by atoms with Gasteiger partial charge >= 0.3 is 0 Å². The zero-order valence-electron chi connectivity index (χ0n) is 26.8. The number of allylic oxidation sites excluding steroid dienone is 7. The zero-order chi connectivity index (χ0) is 29.8. The van der Waals surface area contributed by atoms with Crippen LogP contribution in [0.15, 0.2) is 80.9 Å². The normalized spacial score (nSPS) is 22.7. The van der Waals surface area contributed by atoms with Crippen LogP contribution in [-0.4, -0.2) is 45.7 Å². The van der Waals surface area contributed by atoms with Gasteiger partial charge in [0.2, 0.25) is 0 Å². The monoisotopic (exact) mass is 553 g/mol. The molecule has 2 aliphatic heterocycles. The molecule has 220 valence electrons. The minimum Gasteiger partial charge on any atom is -0.371 e. The van der Waals surface area contributed by atoms with Crippen LogP contribution in [0, 0.1) is 29.1 Å². The summed E-state index contributed by atoms with van der Waals surface area (Å²) in [6.45, 7) is 22.5. The van der Waals surface area contributed by atoms with Crippen molar-refractivity contribution in [2.75, 3.05) is 19.6 Å². The number of aromatic nitrogens is 2. The maximum atomic E-state index is 8.98. The molecule has 1 saturated carbocycles. The number of hydrogen-bond donors (Lipinski definition) is 1. The Balaban J connectivity index is 1.40. The van der Waals surface area contributed by atoms with Crippen molar-refractivity contribution in [2.45, 2.75) is 80.6 Å². The Bertz CT molecular complexity index is 1360. The molecular formula is C36H51N5. The molecule has 0 radical (unpaired) electrons. The first-order chi connectivity index (χ1) is 19.5. The van der Waals surface area contributed by atoms with Gasteiger partial charge in [-0.3, -0.25) is 9.67 Å². The Labute approximate surface area is 248 Å². The molecule has 1 N–H and O–H groups in total. The van der Waals surface area contributed by atoms with E-state index in [1.54, 1.807) is 0 Å². The summed E-state index contributed by atoms with van der Waals surface area (Å²) in [5.74, 6) is 2.37. The first kappa shape index (κ1) is 30.8. The number of piperidine rings is 1. The van der Waals surface area contributed by atoms with Gasteiger partial charge in [-0.05, 0) is 125 Å². The number of likely N-dealkylation sites (tertiary alicyclic amines) is 1. The van der Waals surface area contributed by atoms with Gasteiger partial charge in [0.15, 0.2) is 0 Å². The summed E-state index contributed by atoms with van der Waals surface area (Å²) in [6.07, 6.45) is 11.7. The minimum absolute atomic E-state index is 0.390. The second-order valence-corrected chi connectivity index (χ2v) is 13.0. The summed E-state index contributed by atoms with van der Waals surface area (Å²) in [7, 11) is 1.99. The van der Waals surface area contributed by atoms with Gasteiger partial charge in [-0.15, -0.1) is 5.73 Å². The molecule has 5 nitrogen and oxygen atoms in total. The molecular weight excluding hydrogens is 502 g/mol. The lowest BCUT2D eigenvalue weighted by Gasteiger charge is -2.38. The first-order valence-electron chi connectivity index (χ1n) is 15.5. The van der Waals surface area contributed by atoms with Gasteiger partial charge in [-0.2, -0.15) is 5.10 Å². The minimum atomic E-state index is 0.390. The predicted molar refractivity (Wildman–Crippen MR) is 174 cm³/mol. The average Bonchev–Trinajstić information content (AvgIpc) is 3.55. The van der Waals surface area contributed by atoms with Crippen LogP contribution in [0.3, 0.4) is 0 Å². The van der Waals surface area contributed by atoms with Crippen LogP contribution in [0.1, 0.15) is 86.3 Å². The molecule has 4 rings (SSSR count). The van der Waals surface area contributed by atoms with Crippen LogP contribution in [0.5, 0.6) is 0 Å². The molecule has 2 fully saturated rings. The molecule has 3 heterocycles. The van der Waals surface area contributed by atoms with Gasteiger partial charge in [0.05, 0.1) is 18.0 Å². The van der Waals surface area contributed by atoms with E-state index in [0.29, 0.717) is 17.8 Å². The van der Waals surface area contributed by atoms with E-state index in [9.17, 15) is 0 Å². The SMILES string of the molecule is C=C=CC=C(C(=N)C1CC1C)C(=C(C)C)N1CCC(CC(C)CC2=C(C)CN=C(c3ccnn3C)C(C)=C2C)CC1. The highest BCUT2D eigenvalue weighted by molar-refractivity contribution is 6.12. The smallest absolute Gasteiger partial charge is 0.0863 e. The lowest BCUT2D eigenvalue weighted by Crippen LogP contribution is -2.36. The third-order valence-electron chi connectivity index (χ3n) is 9.51. The highest BCUT2D eigenvalue weighted by atomic mass is 15.3. The summed E-state index contributed by atoms with van der Waals surface area (Å²) in [5, 5.41) is 13.4. The maximum absolute atomic E-state index is 8.98. The van der Waals surface area contributed by atoms with Crippen molar-refractivity contribution in [3.63, 3.8) is 0 Å². The summed E-state index contributed by atoms with van der Waals surface area (Å²) in [6, 6.07) is 2.07. The molecule has 3 aliphatic rings. The fraction of sp³-hybridized carbons (Fsp3) is 0.556. The first-order valence-corrected chi connectivity index (χ1v) is 15.5. The highest BCUT2D eigenvalue weighted by Gasteiger charge is 2.39. The average molecular weight is 554 g/mol. The molecule has 5 heteroatoms. The Kier molecular flexibility index (Phi) is 9.92. The molecule has 41 heavy (non-hydrogen) atoms. The standard InChI is InChI=1S/C36H51N5/c1-10-11-12-30(34(37)32-21-25(32)5)36(23(2)3)41-17-14-29(15-18-41)19-24(4)20-31-26(6)22-38-35(28(8)27(31)7)33-13-16-39-40(33)9/h11-13,16,24-25,29,32,37H,1,14-15,17-22H2,2-9H3. The van der Waals surface area contributed by atoms with Crippen molar-refractivity contribution in [2.24, 2.45) is 35.7 Å². The molecule has 1 aliphatic carbocycles. The third kappa shape index (κ3) is 7.01. The van der Waals surface area contributed by atoms with Crippen LogP contribution in [0.25, 0.3) is 0 Å². The quantitative estimate of drug-likeness (QED) is 0.180. The highest BCUT2D eigenvalue weighted by Crippen LogP contribution is 2.42. The lowest BCUT2D eigenvalue weighted by molar-refractivity contribution is 0.205. The van der Waals surface area contributed by atoms with E-state index in [1.165, 1.54) is 52.8 Å².